The Morgan fingerprint density at radius 3 is 2.04 bits per heavy atom. The molecule has 0 saturated carbocycles. The molecule has 1 aromatic rings. The van der Waals surface area contributed by atoms with Crippen molar-refractivity contribution in [2.75, 3.05) is 6.61 Å². The van der Waals surface area contributed by atoms with Gasteiger partial charge in [-0.15, -0.1) is 0 Å². The van der Waals surface area contributed by atoms with Gasteiger partial charge < -0.3 is 29.9 Å². The lowest BCUT2D eigenvalue weighted by molar-refractivity contribution is -0.277. The molecular weight excluding hydrogens is 336 g/mol. The molecule has 1 heterocycles. The van der Waals surface area contributed by atoms with Crippen LogP contribution >= 0.6 is 0 Å². The Labute approximate surface area is 155 Å². The Hall–Kier alpha value is -1.18. The maximum Gasteiger partial charge on any atom is 0.229 e. The highest BCUT2D eigenvalue weighted by molar-refractivity contribution is 5.43. The summed E-state index contributed by atoms with van der Waals surface area (Å²) in [5.74, 6) is 0.537. The van der Waals surface area contributed by atoms with Gasteiger partial charge in [-0.2, -0.15) is 0 Å². The molecule has 0 unspecified atom stereocenters. The first kappa shape index (κ1) is 21.1. The van der Waals surface area contributed by atoms with Gasteiger partial charge >= 0.3 is 0 Å². The summed E-state index contributed by atoms with van der Waals surface area (Å²) in [5.41, 5.74) is 1.86. The zero-order valence-corrected chi connectivity index (χ0v) is 16.4. The van der Waals surface area contributed by atoms with Crippen LogP contribution in [0.25, 0.3) is 0 Å². The maximum absolute atomic E-state index is 10.2. The number of hydrogen-bond donors (Lipinski definition) is 4. The van der Waals surface area contributed by atoms with Crippen LogP contribution in [0.2, 0.25) is 0 Å². The predicted octanol–water partition coefficient (Wildman–Crippen LogP) is 1.46. The molecule has 0 bridgehead atoms. The lowest BCUT2D eigenvalue weighted by Crippen LogP contribution is -2.60. The van der Waals surface area contributed by atoms with Crippen molar-refractivity contribution in [1.82, 2.24) is 0 Å². The molecule has 0 radical (unpaired) electrons. The molecule has 1 aliphatic heterocycles. The van der Waals surface area contributed by atoms with E-state index >= 15 is 0 Å². The normalized spacial score (nSPS) is 30.3. The summed E-state index contributed by atoms with van der Waals surface area (Å²) in [6.07, 6.45) is -6.47. The molecule has 1 aliphatic rings. The van der Waals surface area contributed by atoms with E-state index < -0.39 is 37.3 Å². The van der Waals surface area contributed by atoms with E-state index in [2.05, 4.69) is 47.6 Å². The van der Waals surface area contributed by atoms with E-state index in [1.807, 2.05) is 12.1 Å². The van der Waals surface area contributed by atoms with Crippen molar-refractivity contribution in [3.8, 4) is 5.75 Å². The lowest BCUT2D eigenvalue weighted by atomic mass is 9.80. The van der Waals surface area contributed by atoms with Crippen molar-refractivity contribution < 1.29 is 29.9 Å². The minimum Gasteiger partial charge on any atom is -0.462 e. The number of benzene rings is 1. The quantitative estimate of drug-likeness (QED) is 0.645. The maximum atomic E-state index is 10.2. The number of aliphatic hydroxyl groups excluding tert-OH is 4. The molecule has 1 aromatic carbocycles. The Bertz CT molecular complexity index is 614. The molecule has 6 nitrogen and oxygen atoms in total. The lowest BCUT2D eigenvalue weighted by Gasteiger charge is -2.40. The van der Waals surface area contributed by atoms with Crippen LogP contribution in [0.15, 0.2) is 18.2 Å². The van der Waals surface area contributed by atoms with E-state index in [-0.39, 0.29) is 10.8 Å². The van der Waals surface area contributed by atoms with Gasteiger partial charge in [0.25, 0.3) is 0 Å². The first-order chi connectivity index (χ1) is 11.9. The topological polar surface area (TPSA) is 99.4 Å². The van der Waals surface area contributed by atoms with Crippen LogP contribution in [0.4, 0.5) is 0 Å². The third-order valence-corrected chi connectivity index (χ3v) is 4.75. The van der Waals surface area contributed by atoms with E-state index in [1.54, 1.807) is 0 Å². The molecule has 0 aromatic heterocycles. The van der Waals surface area contributed by atoms with Gasteiger partial charge in [-0.25, -0.2) is 0 Å². The Kier molecular flexibility index (Phi) is 6.05. The minimum atomic E-state index is -1.46. The highest BCUT2D eigenvalue weighted by atomic mass is 16.7. The summed E-state index contributed by atoms with van der Waals surface area (Å²) in [4.78, 5) is 0. The van der Waals surface area contributed by atoms with Gasteiger partial charge in [0.05, 0.1) is 6.61 Å². The van der Waals surface area contributed by atoms with E-state index in [4.69, 9.17) is 9.47 Å². The first-order valence-electron chi connectivity index (χ1n) is 8.98. The first-order valence-corrected chi connectivity index (χ1v) is 8.98. The van der Waals surface area contributed by atoms with Gasteiger partial charge in [0.15, 0.2) is 0 Å². The number of aliphatic hydroxyl groups is 4. The van der Waals surface area contributed by atoms with Gasteiger partial charge in [-0.1, -0.05) is 53.7 Å². The van der Waals surface area contributed by atoms with Crippen molar-refractivity contribution in [3.05, 3.63) is 29.3 Å². The Balaban J connectivity index is 2.36. The van der Waals surface area contributed by atoms with Crippen LogP contribution in [0.3, 0.4) is 0 Å². The minimum absolute atomic E-state index is 0.0261. The van der Waals surface area contributed by atoms with E-state index in [0.717, 1.165) is 11.1 Å². The van der Waals surface area contributed by atoms with E-state index in [9.17, 15) is 20.4 Å². The van der Waals surface area contributed by atoms with Gasteiger partial charge in [0.2, 0.25) is 6.29 Å². The summed E-state index contributed by atoms with van der Waals surface area (Å²) in [6.45, 7) is 12.1. The molecule has 1 fully saturated rings. The molecule has 6 heteroatoms. The molecule has 1 saturated heterocycles. The third-order valence-electron chi connectivity index (χ3n) is 4.75. The van der Waals surface area contributed by atoms with Crippen LogP contribution in [0.5, 0.6) is 5.75 Å². The average Bonchev–Trinajstić information content (AvgIpc) is 2.53. The van der Waals surface area contributed by atoms with E-state index in [1.165, 1.54) is 0 Å². The Morgan fingerprint density at radius 1 is 0.923 bits per heavy atom. The number of hydrogen-bond acceptors (Lipinski definition) is 6. The predicted molar refractivity (Wildman–Crippen MR) is 98.2 cm³/mol. The van der Waals surface area contributed by atoms with Gasteiger partial charge in [0.1, 0.15) is 30.2 Å². The zero-order chi connectivity index (χ0) is 19.9. The molecule has 26 heavy (non-hydrogen) atoms. The van der Waals surface area contributed by atoms with Crippen molar-refractivity contribution in [2.24, 2.45) is 0 Å². The standard InChI is InChI=1S/C20H32O6/c1-19(2,3)11-7-8-13(12(9-11)20(4,5)6)25-18-17(24)16(23)15(22)14(10-21)26-18/h7-9,14-18,21-24H,10H2,1-6H3/t14-,15-,16-,17+,18-/m1/s1. The number of rotatable bonds is 3. The molecule has 0 amide bonds. The zero-order valence-electron chi connectivity index (χ0n) is 16.4. The van der Waals surface area contributed by atoms with E-state index in [0.29, 0.717) is 5.75 Å². The largest absolute Gasteiger partial charge is 0.462 e. The summed E-state index contributed by atoms with van der Waals surface area (Å²) in [5, 5.41) is 39.4. The fourth-order valence-corrected chi connectivity index (χ4v) is 2.98. The molecule has 4 N–H and O–H groups in total. The molecule has 0 aliphatic carbocycles. The van der Waals surface area contributed by atoms with Crippen molar-refractivity contribution >= 4 is 0 Å². The summed E-state index contributed by atoms with van der Waals surface area (Å²) in [7, 11) is 0. The fraction of sp³-hybridized carbons (Fsp3) is 0.700. The third kappa shape index (κ3) is 4.38. The van der Waals surface area contributed by atoms with Gasteiger partial charge in [-0.3, -0.25) is 0 Å². The molecule has 0 spiro atoms. The smallest absolute Gasteiger partial charge is 0.229 e. The second kappa shape index (κ2) is 7.44. The molecular formula is C20H32O6. The van der Waals surface area contributed by atoms with Crippen LogP contribution in [0.1, 0.15) is 52.7 Å². The highest BCUT2D eigenvalue weighted by Crippen LogP contribution is 2.37. The van der Waals surface area contributed by atoms with Crippen molar-refractivity contribution in [2.45, 2.75) is 83.1 Å². The fourth-order valence-electron chi connectivity index (χ4n) is 2.98. The van der Waals surface area contributed by atoms with Gasteiger partial charge in [-0.05, 0) is 28.0 Å². The Morgan fingerprint density at radius 2 is 1.54 bits per heavy atom. The van der Waals surface area contributed by atoms with Crippen LogP contribution in [-0.2, 0) is 15.6 Å². The molecule has 2 rings (SSSR count). The second-order valence-electron chi connectivity index (χ2n) is 9.03. The van der Waals surface area contributed by atoms with Gasteiger partial charge in [0, 0.05) is 0 Å². The van der Waals surface area contributed by atoms with Crippen molar-refractivity contribution in [1.29, 1.82) is 0 Å². The van der Waals surface area contributed by atoms with Crippen LogP contribution < -0.4 is 4.74 Å². The summed E-state index contributed by atoms with van der Waals surface area (Å²) >= 11 is 0. The highest BCUT2D eigenvalue weighted by Gasteiger charge is 2.45. The summed E-state index contributed by atoms with van der Waals surface area (Å²) < 4.78 is 11.4. The van der Waals surface area contributed by atoms with Crippen LogP contribution in [0, 0.1) is 0 Å². The van der Waals surface area contributed by atoms with Crippen LogP contribution in [-0.4, -0.2) is 57.7 Å². The van der Waals surface area contributed by atoms with Crippen molar-refractivity contribution in [3.63, 3.8) is 0 Å². The SMILES string of the molecule is CC(C)(C)c1ccc(O[C@@H]2O[C@H](CO)[C@@H](O)[C@@H](O)[C@@H]2O)c(C(C)(C)C)c1. The number of ether oxygens (including phenoxy) is 2. The second-order valence-corrected chi connectivity index (χ2v) is 9.03. The average molecular weight is 368 g/mol. The molecule has 5 atom stereocenters. The summed E-state index contributed by atoms with van der Waals surface area (Å²) in [6, 6.07) is 5.89. The monoisotopic (exact) mass is 368 g/mol. The molecule has 148 valence electrons.